The number of carbonyl (C=O) groups is 2. The van der Waals surface area contributed by atoms with E-state index >= 15 is 0 Å². The molecular weight excluding hydrogens is 268 g/mol. The van der Waals surface area contributed by atoms with Gasteiger partial charge in [-0.2, -0.15) is 0 Å². The number of rotatable bonds is 3. The summed E-state index contributed by atoms with van der Waals surface area (Å²) in [7, 11) is 0. The summed E-state index contributed by atoms with van der Waals surface area (Å²) >= 11 is 5.93. The van der Waals surface area contributed by atoms with E-state index in [4.69, 9.17) is 16.0 Å². The van der Waals surface area contributed by atoms with Crippen LogP contribution in [0.15, 0.2) is 47.1 Å². The Morgan fingerprint density at radius 1 is 1.11 bits per heavy atom. The topological polar surface area (TPSA) is 71.3 Å². The molecule has 1 heterocycles. The van der Waals surface area contributed by atoms with Crippen molar-refractivity contribution in [2.45, 2.75) is 6.42 Å². The van der Waals surface area contributed by atoms with Gasteiger partial charge < -0.3 is 4.42 Å². The minimum atomic E-state index is -0.516. The molecule has 2 aromatic rings. The Labute approximate surface area is 114 Å². The molecule has 2 N–H and O–H groups in total. The molecule has 0 aliphatic carbocycles. The lowest BCUT2D eigenvalue weighted by molar-refractivity contribution is -0.121. The Hall–Kier alpha value is -2.27. The summed E-state index contributed by atoms with van der Waals surface area (Å²) in [5.74, 6) is -0.761. The number of hydrogen-bond donors (Lipinski definition) is 2. The Morgan fingerprint density at radius 3 is 2.58 bits per heavy atom. The van der Waals surface area contributed by atoms with E-state index in [-0.39, 0.29) is 18.1 Å². The maximum absolute atomic E-state index is 11.6. The van der Waals surface area contributed by atoms with E-state index in [0.717, 1.165) is 0 Å². The Balaban J connectivity index is 1.86. The van der Waals surface area contributed by atoms with Crippen LogP contribution in [0, 0.1) is 0 Å². The summed E-state index contributed by atoms with van der Waals surface area (Å²) in [6, 6.07) is 10.1. The van der Waals surface area contributed by atoms with Crippen LogP contribution in [0.5, 0.6) is 0 Å². The standard InChI is InChI=1S/C13H11ClN2O3/c14-10-5-2-1-4-9(10)8-12(17)15-16-13(18)11-6-3-7-19-11/h1-7H,8H2,(H,15,17)(H,16,18). The highest BCUT2D eigenvalue weighted by molar-refractivity contribution is 6.31. The maximum Gasteiger partial charge on any atom is 0.305 e. The largest absolute Gasteiger partial charge is 0.459 e. The summed E-state index contributed by atoms with van der Waals surface area (Å²) in [4.78, 5) is 23.1. The third kappa shape index (κ3) is 3.59. The van der Waals surface area contributed by atoms with E-state index < -0.39 is 5.91 Å². The number of hydrogen-bond acceptors (Lipinski definition) is 3. The Kier molecular flexibility index (Phi) is 4.20. The van der Waals surface area contributed by atoms with Crippen LogP contribution in [0.25, 0.3) is 0 Å². The lowest BCUT2D eigenvalue weighted by Crippen LogP contribution is -2.42. The molecule has 19 heavy (non-hydrogen) atoms. The third-order valence-electron chi connectivity index (χ3n) is 2.37. The number of nitrogens with one attached hydrogen (secondary N) is 2. The lowest BCUT2D eigenvalue weighted by atomic mass is 10.1. The first-order valence-corrected chi connectivity index (χ1v) is 5.90. The van der Waals surface area contributed by atoms with Gasteiger partial charge in [0.25, 0.3) is 0 Å². The van der Waals surface area contributed by atoms with E-state index in [0.29, 0.717) is 10.6 Å². The molecule has 0 atom stereocenters. The summed E-state index contributed by atoms with van der Waals surface area (Å²) in [6.07, 6.45) is 1.46. The normalized spacial score (nSPS) is 9.95. The van der Waals surface area contributed by atoms with Gasteiger partial charge in [0.2, 0.25) is 5.91 Å². The van der Waals surface area contributed by atoms with Crippen molar-refractivity contribution in [3.63, 3.8) is 0 Å². The number of carbonyl (C=O) groups excluding carboxylic acids is 2. The molecule has 0 saturated heterocycles. The van der Waals surface area contributed by atoms with Crippen molar-refractivity contribution < 1.29 is 14.0 Å². The van der Waals surface area contributed by atoms with Gasteiger partial charge >= 0.3 is 5.91 Å². The molecule has 0 aliphatic heterocycles. The van der Waals surface area contributed by atoms with Crippen molar-refractivity contribution in [3.8, 4) is 0 Å². The summed E-state index contributed by atoms with van der Waals surface area (Å²) < 4.78 is 4.88. The highest BCUT2D eigenvalue weighted by atomic mass is 35.5. The number of amides is 2. The Bertz CT molecular complexity index is 581. The smallest absolute Gasteiger partial charge is 0.305 e. The van der Waals surface area contributed by atoms with E-state index in [1.54, 1.807) is 30.3 Å². The molecule has 1 aromatic heterocycles. The van der Waals surface area contributed by atoms with Crippen LogP contribution in [-0.4, -0.2) is 11.8 Å². The first-order valence-electron chi connectivity index (χ1n) is 5.53. The van der Waals surface area contributed by atoms with Crippen LogP contribution in [0.4, 0.5) is 0 Å². The van der Waals surface area contributed by atoms with Gasteiger partial charge in [0.1, 0.15) is 0 Å². The predicted molar refractivity (Wildman–Crippen MR) is 69.5 cm³/mol. The number of furan rings is 1. The fraction of sp³-hybridized carbons (Fsp3) is 0.0769. The molecule has 0 radical (unpaired) electrons. The van der Waals surface area contributed by atoms with Crippen molar-refractivity contribution in [1.29, 1.82) is 0 Å². The SMILES string of the molecule is O=C(Cc1ccccc1Cl)NNC(=O)c1ccco1. The fourth-order valence-electron chi connectivity index (χ4n) is 1.45. The average Bonchev–Trinajstić information content (AvgIpc) is 2.93. The van der Waals surface area contributed by atoms with E-state index in [2.05, 4.69) is 10.9 Å². The Morgan fingerprint density at radius 2 is 1.89 bits per heavy atom. The van der Waals surface area contributed by atoms with Crippen molar-refractivity contribution in [1.82, 2.24) is 10.9 Å². The molecule has 6 heteroatoms. The molecule has 98 valence electrons. The second-order valence-electron chi connectivity index (χ2n) is 3.75. The van der Waals surface area contributed by atoms with Crippen molar-refractivity contribution in [3.05, 3.63) is 59.0 Å². The molecule has 0 aliphatic rings. The zero-order valence-electron chi connectivity index (χ0n) is 9.85. The van der Waals surface area contributed by atoms with Gasteiger partial charge in [-0.1, -0.05) is 29.8 Å². The van der Waals surface area contributed by atoms with Crippen molar-refractivity contribution in [2.24, 2.45) is 0 Å². The van der Waals surface area contributed by atoms with Gasteiger partial charge in [0.05, 0.1) is 12.7 Å². The minimum Gasteiger partial charge on any atom is -0.459 e. The predicted octanol–water partition coefficient (Wildman–Crippen LogP) is 1.94. The zero-order chi connectivity index (χ0) is 13.7. The molecule has 0 saturated carbocycles. The molecule has 0 fully saturated rings. The number of hydrazine groups is 1. The van der Waals surface area contributed by atoms with Gasteiger partial charge in [0.15, 0.2) is 5.76 Å². The second-order valence-corrected chi connectivity index (χ2v) is 4.15. The van der Waals surface area contributed by atoms with Crippen LogP contribution in [0.2, 0.25) is 5.02 Å². The van der Waals surface area contributed by atoms with Gasteiger partial charge in [0, 0.05) is 5.02 Å². The average molecular weight is 279 g/mol. The fourth-order valence-corrected chi connectivity index (χ4v) is 1.66. The monoisotopic (exact) mass is 278 g/mol. The summed E-state index contributed by atoms with van der Waals surface area (Å²) in [6.45, 7) is 0. The molecule has 0 spiro atoms. The quantitative estimate of drug-likeness (QED) is 0.843. The molecule has 5 nitrogen and oxygen atoms in total. The molecule has 0 bridgehead atoms. The van der Waals surface area contributed by atoms with Gasteiger partial charge in [-0.15, -0.1) is 0 Å². The van der Waals surface area contributed by atoms with Crippen LogP contribution in [-0.2, 0) is 11.2 Å². The van der Waals surface area contributed by atoms with Crippen LogP contribution >= 0.6 is 11.6 Å². The molecule has 2 amide bonds. The highest BCUT2D eigenvalue weighted by Crippen LogP contribution is 2.14. The molecule has 2 rings (SSSR count). The van der Waals surface area contributed by atoms with E-state index in [9.17, 15) is 9.59 Å². The second kappa shape index (κ2) is 6.06. The van der Waals surface area contributed by atoms with Crippen molar-refractivity contribution >= 4 is 23.4 Å². The molecule has 0 unspecified atom stereocenters. The van der Waals surface area contributed by atoms with Crippen molar-refractivity contribution in [2.75, 3.05) is 0 Å². The first-order chi connectivity index (χ1) is 9.16. The van der Waals surface area contributed by atoms with E-state index in [1.807, 2.05) is 0 Å². The van der Waals surface area contributed by atoms with Gasteiger partial charge in [-0.25, -0.2) is 0 Å². The van der Waals surface area contributed by atoms with E-state index in [1.165, 1.54) is 12.3 Å². The first kappa shape index (κ1) is 13.2. The molecular formula is C13H11ClN2O3. The highest BCUT2D eigenvalue weighted by Gasteiger charge is 2.10. The minimum absolute atomic E-state index is 0.0815. The van der Waals surface area contributed by atoms with Gasteiger partial charge in [-0.05, 0) is 23.8 Å². The van der Waals surface area contributed by atoms with Crippen LogP contribution in [0.1, 0.15) is 16.1 Å². The number of halogens is 1. The zero-order valence-corrected chi connectivity index (χ0v) is 10.6. The third-order valence-corrected chi connectivity index (χ3v) is 2.74. The van der Waals surface area contributed by atoms with Crippen LogP contribution < -0.4 is 10.9 Å². The van der Waals surface area contributed by atoms with Crippen LogP contribution in [0.3, 0.4) is 0 Å². The summed E-state index contributed by atoms with van der Waals surface area (Å²) in [5, 5.41) is 0.509. The lowest BCUT2D eigenvalue weighted by Gasteiger charge is -2.06. The maximum atomic E-state index is 11.6. The molecule has 1 aromatic carbocycles. The summed E-state index contributed by atoms with van der Waals surface area (Å²) in [5.41, 5.74) is 5.23. The van der Waals surface area contributed by atoms with Gasteiger partial charge in [-0.3, -0.25) is 20.4 Å². The number of benzene rings is 1.